The minimum absolute atomic E-state index is 0.385. The maximum atomic E-state index is 10.6. The Hall–Kier alpha value is -2.06. The first-order chi connectivity index (χ1) is 12.2. The molecule has 0 radical (unpaired) electrons. The fourth-order valence-electron chi connectivity index (χ4n) is 2.71. The number of carboxylic acid groups (broad SMARTS) is 1. The van der Waals surface area contributed by atoms with Crippen molar-refractivity contribution in [3.8, 4) is 11.3 Å². The lowest BCUT2D eigenvalue weighted by molar-refractivity contribution is -0.192. The molecular weight excluding hydrogens is 371 g/mol. The third-order valence-electron chi connectivity index (χ3n) is 4.15. The second kappa shape index (κ2) is 8.55. The SMILES string of the molecule is N[C@H]1CC[C@H](n2cnc(-c3ccc(Cl)cc3)c2)CC1.O=C(O)C(F)(F)F. The largest absolute Gasteiger partial charge is 0.490 e. The number of carboxylic acids is 1. The van der Waals surface area contributed by atoms with E-state index in [2.05, 4.69) is 15.7 Å². The highest BCUT2D eigenvalue weighted by atomic mass is 35.5. The van der Waals surface area contributed by atoms with Gasteiger partial charge >= 0.3 is 12.1 Å². The summed E-state index contributed by atoms with van der Waals surface area (Å²) in [6, 6.07) is 8.74. The van der Waals surface area contributed by atoms with Gasteiger partial charge in [-0.15, -0.1) is 0 Å². The van der Waals surface area contributed by atoms with Crippen LogP contribution in [0.2, 0.25) is 5.02 Å². The maximum Gasteiger partial charge on any atom is 0.490 e. The second-order valence-corrected chi connectivity index (χ2v) is 6.52. The number of imidazole rings is 1. The van der Waals surface area contributed by atoms with Crippen molar-refractivity contribution >= 4 is 17.6 Å². The molecule has 1 aliphatic carbocycles. The van der Waals surface area contributed by atoms with Crippen molar-refractivity contribution < 1.29 is 23.1 Å². The minimum Gasteiger partial charge on any atom is -0.475 e. The average molecular weight is 390 g/mol. The van der Waals surface area contributed by atoms with Gasteiger partial charge in [-0.05, 0) is 37.8 Å². The number of hydrogen-bond acceptors (Lipinski definition) is 3. The molecule has 1 aromatic carbocycles. The van der Waals surface area contributed by atoms with E-state index in [1.54, 1.807) is 0 Å². The molecule has 2 aromatic rings. The van der Waals surface area contributed by atoms with E-state index in [4.69, 9.17) is 27.2 Å². The Morgan fingerprint density at radius 2 is 1.73 bits per heavy atom. The Morgan fingerprint density at radius 1 is 1.19 bits per heavy atom. The molecule has 1 aliphatic rings. The number of halogens is 4. The van der Waals surface area contributed by atoms with Crippen LogP contribution in [0.25, 0.3) is 11.3 Å². The summed E-state index contributed by atoms with van der Waals surface area (Å²) < 4.78 is 34.0. The van der Waals surface area contributed by atoms with Crippen LogP contribution in [0.4, 0.5) is 13.2 Å². The Morgan fingerprint density at radius 3 is 2.23 bits per heavy atom. The number of hydrogen-bond donors (Lipinski definition) is 2. The minimum atomic E-state index is -5.08. The highest BCUT2D eigenvalue weighted by molar-refractivity contribution is 6.30. The molecule has 1 saturated carbocycles. The Labute approximate surface area is 153 Å². The zero-order valence-electron chi connectivity index (χ0n) is 13.8. The van der Waals surface area contributed by atoms with Crippen molar-refractivity contribution in [1.82, 2.24) is 9.55 Å². The summed E-state index contributed by atoms with van der Waals surface area (Å²) >= 11 is 5.90. The van der Waals surface area contributed by atoms with Crippen molar-refractivity contribution in [2.75, 3.05) is 0 Å². The molecule has 5 nitrogen and oxygen atoms in total. The predicted octanol–water partition coefficient (Wildman–Crippen LogP) is 4.28. The zero-order valence-corrected chi connectivity index (χ0v) is 14.5. The lowest BCUT2D eigenvalue weighted by atomic mass is 9.92. The van der Waals surface area contributed by atoms with Crippen LogP contribution in [-0.4, -0.2) is 32.8 Å². The first-order valence-corrected chi connectivity index (χ1v) is 8.39. The maximum absolute atomic E-state index is 10.6. The van der Waals surface area contributed by atoms with E-state index in [0.29, 0.717) is 12.1 Å². The molecule has 26 heavy (non-hydrogen) atoms. The topological polar surface area (TPSA) is 81.1 Å². The van der Waals surface area contributed by atoms with E-state index in [1.165, 1.54) is 0 Å². The molecule has 0 bridgehead atoms. The summed E-state index contributed by atoms with van der Waals surface area (Å²) in [7, 11) is 0. The van der Waals surface area contributed by atoms with Gasteiger partial charge in [0.1, 0.15) is 0 Å². The van der Waals surface area contributed by atoms with Crippen LogP contribution in [-0.2, 0) is 4.79 Å². The predicted molar refractivity (Wildman–Crippen MR) is 91.8 cm³/mol. The van der Waals surface area contributed by atoms with E-state index in [9.17, 15) is 13.2 Å². The molecular formula is C17H19ClF3N3O2. The van der Waals surface area contributed by atoms with Crippen LogP contribution in [0, 0.1) is 0 Å². The van der Waals surface area contributed by atoms with Crippen LogP contribution >= 0.6 is 11.6 Å². The zero-order chi connectivity index (χ0) is 19.3. The molecule has 9 heteroatoms. The van der Waals surface area contributed by atoms with Gasteiger partial charge in [-0.2, -0.15) is 13.2 Å². The molecule has 0 amide bonds. The van der Waals surface area contributed by atoms with Gasteiger partial charge in [-0.25, -0.2) is 9.78 Å². The number of alkyl halides is 3. The molecule has 0 unspecified atom stereocenters. The van der Waals surface area contributed by atoms with Crippen LogP contribution in [0.5, 0.6) is 0 Å². The van der Waals surface area contributed by atoms with E-state index in [1.807, 2.05) is 30.6 Å². The standard InChI is InChI=1S/C15H18ClN3.C2HF3O2/c16-12-3-1-11(2-4-12)15-9-19(10-18-15)14-7-5-13(17)6-8-14;3-2(4,5)1(6)7/h1-4,9-10,13-14H,5-8,17H2;(H,6,7)/t13-,14-;. The molecule has 3 N–H and O–H groups in total. The third-order valence-corrected chi connectivity index (χ3v) is 4.40. The van der Waals surface area contributed by atoms with Gasteiger partial charge in [0.05, 0.1) is 12.0 Å². The fraction of sp³-hybridized carbons (Fsp3) is 0.412. The fourth-order valence-corrected chi connectivity index (χ4v) is 2.83. The van der Waals surface area contributed by atoms with Gasteiger partial charge in [0.2, 0.25) is 0 Å². The molecule has 1 aromatic heterocycles. The van der Waals surface area contributed by atoms with E-state index in [-0.39, 0.29) is 0 Å². The summed E-state index contributed by atoms with van der Waals surface area (Å²) in [6.07, 6.45) is 3.50. The molecule has 1 fully saturated rings. The Balaban J connectivity index is 0.000000298. The molecule has 142 valence electrons. The number of carbonyl (C=O) groups is 1. The van der Waals surface area contributed by atoms with Gasteiger partial charge < -0.3 is 15.4 Å². The van der Waals surface area contributed by atoms with Gasteiger partial charge in [-0.3, -0.25) is 0 Å². The molecule has 0 saturated heterocycles. The Bertz CT molecular complexity index is 724. The normalized spacial score (nSPS) is 20.2. The first kappa shape index (κ1) is 20.3. The lowest BCUT2D eigenvalue weighted by Gasteiger charge is -2.26. The average Bonchev–Trinajstić information content (AvgIpc) is 3.06. The Kier molecular flexibility index (Phi) is 6.66. The van der Waals surface area contributed by atoms with E-state index < -0.39 is 12.1 Å². The highest BCUT2D eigenvalue weighted by Gasteiger charge is 2.38. The molecule has 0 aliphatic heterocycles. The van der Waals surface area contributed by atoms with Gasteiger partial charge in [-0.1, -0.05) is 23.7 Å². The number of benzene rings is 1. The van der Waals surface area contributed by atoms with Crippen molar-refractivity contribution in [2.45, 2.75) is 43.9 Å². The smallest absolute Gasteiger partial charge is 0.475 e. The highest BCUT2D eigenvalue weighted by Crippen LogP contribution is 2.29. The summed E-state index contributed by atoms with van der Waals surface area (Å²) in [5, 5.41) is 7.88. The van der Waals surface area contributed by atoms with Crippen molar-refractivity contribution in [2.24, 2.45) is 5.73 Å². The summed E-state index contributed by atoms with van der Waals surface area (Å²) in [6.45, 7) is 0. The molecule has 0 atom stereocenters. The van der Waals surface area contributed by atoms with Crippen LogP contribution in [0.3, 0.4) is 0 Å². The number of aromatic nitrogens is 2. The van der Waals surface area contributed by atoms with Crippen LogP contribution in [0.15, 0.2) is 36.8 Å². The van der Waals surface area contributed by atoms with Gasteiger partial charge in [0, 0.05) is 28.9 Å². The van der Waals surface area contributed by atoms with E-state index in [0.717, 1.165) is 42.0 Å². The lowest BCUT2D eigenvalue weighted by Crippen LogP contribution is -2.27. The molecule has 3 rings (SSSR count). The molecule has 0 spiro atoms. The molecule has 1 heterocycles. The van der Waals surface area contributed by atoms with Crippen molar-refractivity contribution in [1.29, 1.82) is 0 Å². The van der Waals surface area contributed by atoms with Crippen LogP contribution < -0.4 is 5.73 Å². The van der Waals surface area contributed by atoms with Crippen LogP contribution in [0.1, 0.15) is 31.7 Å². The van der Waals surface area contributed by atoms with Gasteiger partial charge in [0.15, 0.2) is 0 Å². The second-order valence-electron chi connectivity index (χ2n) is 6.08. The van der Waals surface area contributed by atoms with E-state index >= 15 is 0 Å². The van der Waals surface area contributed by atoms with Crippen molar-refractivity contribution in [3.05, 3.63) is 41.8 Å². The summed E-state index contributed by atoms with van der Waals surface area (Å²) in [4.78, 5) is 13.4. The number of aliphatic carboxylic acids is 1. The first-order valence-electron chi connectivity index (χ1n) is 8.02. The quantitative estimate of drug-likeness (QED) is 0.803. The summed E-state index contributed by atoms with van der Waals surface area (Å²) in [5.41, 5.74) is 8.06. The van der Waals surface area contributed by atoms with Crippen molar-refractivity contribution in [3.63, 3.8) is 0 Å². The summed E-state index contributed by atoms with van der Waals surface area (Å²) in [5.74, 6) is -2.76. The third kappa shape index (κ3) is 5.74. The van der Waals surface area contributed by atoms with Gasteiger partial charge in [0.25, 0.3) is 0 Å². The number of rotatable bonds is 2. The monoisotopic (exact) mass is 389 g/mol. The number of nitrogens with zero attached hydrogens (tertiary/aromatic N) is 2. The number of nitrogens with two attached hydrogens (primary N) is 1.